The third-order valence-electron chi connectivity index (χ3n) is 6.71. The molecule has 0 spiro atoms. The van der Waals surface area contributed by atoms with Gasteiger partial charge >= 0.3 is 0 Å². The fourth-order valence-electron chi connectivity index (χ4n) is 4.57. The van der Waals surface area contributed by atoms with Crippen LogP contribution >= 0.6 is 0 Å². The Hall–Kier alpha value is -3.91. The maximum atomic E-state index is 6.12. The second-order valence-corrected chi connectivity index (χ2v) is 15.8. The normalized spacial score (nSPS) is 14.0. The van der Waals surface area contributed by atoms with Crippen molar-refractivity contribution in [1.82, 2.24) is 24.6 Å². The maximum Gasteiger partial charge on any atom is 0.168 e. The molecule has 1 N–H and O–H groups in total. The van der Waals surface area contributed by atoms with Crippen LogP contribution in [0.15, 0.2) is 55.0 Å². The number of rotatable bonds is 10. The topological polar surface area (TPSA) is 86.6 Å². The van der Waals surface area contributed by atoms with Gasteiger partial charge in [0.05, 0.1) is 44.2 Å². The van der Waals surface area contributed by atoms with E-state index in [2.05, 4.69) is 62.5 Å². The smallest absolute Gasteiger partial charge is 0.168 e. The molecule has 2 aromatic heterocycles. The zero-order valence-corrected chi connectivity index (χ0v) is 25.3. The summed E-state index contributed by atoms with van der Waals surface area (Å²) in [4.78, 5) is 11.4. The molecule has 0 bridgehead atoms. The Morgan fingerprint density at radius 1 is 1.05 bits per heavy atom. The molecule has 1 fully saturated rings. The van der Waals surface area contributed by atoms with Crippen LogP contribution in [-0.2, 0) is 11.3 Å². The Labute approximate surface area is 242 Å². The van der Waals surface area contributed by atoms with Crippen molar-refractivity contribution < 1.29 is 14.2 Å². The minimum Gasteiger partial charge on any atom is -0.493 e. The van der Waals surface area contributed by atoms with Crippen molar-refractivity contribution >= 4 is 24.9 Å². The van der Waals surface area contributed by atoms with E-state index in [1.165, 1.54) is 0 Å². The first kappa shape index (κ1) is 28.6. The Morgan fingerprint density at radius 2 is 1.90 bits per heavy atom. The molecule has 1 aliphatic rings. The summed E-state index contributed by atoms with van der Waals surface area (Å²) in [5, 5.41) is 8.93. The Balaban J connectivity index is 1.26. The molecule has 10 heteroatoms. The molecule has 214 valence electrons. The van der Waals surface area contributed by atoms with Crippen molar-refractivity contribution in [2.24, 2.45) is 0 Å². The molecule has 1 aliphatic heterocycles. The van der Waals surface area contributed by atoms with Crippen LogP contribution < -0.4 is 14.8 Å². The van der Waals surface area contributed by atoms with E-state index in [1.54, 1.807) is 19.6 Å². The monoisotopic (exact) mass is 570 g/mol. The fourth-order valence-corrected chi connectivity index (χ4v) is 5.09. The second-order valence-electron chi connectivity index (χ2n) is 11.1. The molecule has 0 unspecified atom stereocenters. The number of nitrogens with zero attached hydrogens (tertiary/aromatic N) is 5. The molecule has 0 aliphatic carbocycles. The molecule has 0 saturated carbocycles. The number of morpholine rings is 1. The molecular weight excluding hydrogens is 532 g/mol. The fraction of sp³-hybridized carbons (Fsp3) is 0.387. The molecule has 0 amide bonds. The molecule has 4 aromatic rings. The minimum absolute atomic E-state index is 0.563. The molecule has 0 atom stereocenters. The van der Waals surface area contributed by atoms with Gasteiger partial charge in [0.25, 0.3) is 0 Å². The van der Waals surface area contributed by atoms with Gasteiger partial charge in [-0.15, -0.1) is 5.54 Å². The van der Waals surface area contributed by atoms with Gasteiger partial charge in [0.2, 0.25) is 0 Å². The van der Waals surface area contributed by atoms with Gasteiger partial charge in [-0.2, -0.15) is 5.10 Å². The van der Waals surface area contributed by atoms with Crippen LogP contribution in [0.1, 0.15) is 17.5 Å². The SMILES string of the molecule is COc1ccc(CNc2ncnc3c2cnn3-c2cccc(C#C[Si](C)(C)C)c2)cc1OCCCN1CCOCC1. The van der Waals surface area contributed by atoms with Crippen molar-refractivity contribution in [3.63, 3.8) is 0 Å². The van der Waals surface area contributed by atoms with Gasteiger partial charge in [-0.25, -0.2) is 14.6 Å². The number of methoxy groups -OCH3 is 1. The van der Waals surface area contributed by atoms with Crippen molar-refractivity contribution in [2.75, 3.05) is 51.9 Å². The molecule has 1 saturated heterocycles. The number of nitrogens with one attached hydrogen (secondary N) is 1. The number of ether oxygens (including phenoxy) is 3. The summed E-state index contributed by atoms with van der Waals surface area (Å²) in [6.45, 7) is 12.5. The van der Waals surface area contributed by atoms with Gasteiger partial charge in [0, 0.05) is 31.7 Å². The number of hydrogen-bond acceptors (Lipinski definition) is 8. The number of fused-ring (bicyclic) bond motifs is 1. The zero-order valence-electron chi connectivity index (χ0n) is 24.3. The summed E-state index contributed by atoms with van der Waals surface area (Å²) in [5.41, 5.74) is 7.11. The van der Waals surface area contributed by atoms with Crippen molar-refractivity contribution in [1.29, 1.82) is 0 Å². The lowest BCUT2D eigenvalue weighted by Crippen LogP contribution is -2.37. The zero-order chi connectivity index (χ0) is 28.7. The van der Waals surface area contributed by atoms with Crippen LogP contribution in [0.3, 0.4) is 0 Å². The van der Waals surface area contributed by atoms with E-state index < -0.39 is 8.07 Å². The lowest BCUT2D eigenvalue weighted by molar-refractivity contribution is 0.0357. The highest BCUT2D eigenvalue weighted by Crippen LogP contribution is 2.29. The predicted octanol–water partition coefficient (Wildman–Crippen LogP) is 4.77. The summed E-state index contributed by atoms with van der Waals surface area (Å²) in [7, 11) is 0.195. The molecule has 3 heterocycles. The quantitative estimate of drug-likeness (QED) is 0.166. The number of benzene rings is 2. The summed E-state index contributed by atoms with van der Waals surface area (Å²) >= 11 is 0. The summed E-state index contributed by atoms with van der Waals surface area (Å²) in [6, 6.07) is 14.1. The van der Waals surface area contributed by atoms with Crippen molar-refractivity contribution in [3.05, 3.63) is 66.1 Å². The number of aromatic nitrogens is 4. The van der Waals surface area contributed by atoms with Crippen LogP contribution in [-0.4, -0.2) is 79.3 Å². The first-order valence-corrected chi connectivity index (χ1v) is 17.6. The third-order valence-corrected chi connectivity index (χ3v) is 7.58. The highest BCUT2D eigenvalue weighted by molar-refractivity contribution is 6.83. The van der Waals surface area contributed by atoms with Gasteiger partial charge in [0.15, 0.2) is 17.1 Å². The molecular formula is C31H38N6O3Si. The maximum absolute atomic E-state index is 6.12. The first-order chi connectivity index (χ1) is 19.9. The molecule has 41 heavy (non-hydrogen) atoms. The van der Waals surface area contributed by atoms with Crippen LogP contribution in [0.2, 0.25) is 19.6 Å². The predicted molar refractivity (Wildman–Crippen MR) is 165 cm³/mol. The first-order valence-electron chi connectivity index (χ1n) is 14.1. The van der Waals surface area contributed by atoms with E-state index in [9.17, 15) is 0 Å². The number of anilines is 1. The van der Waals surface area contributed by atoms with E-state index in [0.717, 1.165) is 84.4 Å². The highest BCUT2D eigenvalue weighted by atomic mass is 28.3. The van der Waals surface area contributed by atoms with Crippen molar-refractivity contribution in [3.8, 4) is 28.7 Å². The standard InChI is InChI=1S/C31H38N6O3Si/c1-38-28-10-9-25(20-29(28)40-15-6-12-36-13-16-39-17-14-36)21-32-30-27-22-35-37(31(27)34-23-33-30)26-8-5-7-24(19-26)11-18-41(2,3)4/h5,7-10,19-20,22-23H,6,12-17,21H2,1-4H3,(H,32,33,34). The number of hydrogen-bond donors (Lipinski definition) is 1. The van der Waals surface area contributed by atoms with E-state index in [0.29, 0.717) is 13.2 Å². The molecule has 0 radical (unpaired) electrons. The van der Waals surface area contributed by atoms with E-state index in [-0.39, 0.29) is 0 Å². The summed E-state index contributed by atoms with van der Waals surface area (Å²) in [6.07, 6.45) is 4.31. The van der Waals surface area contributed by atoms with E-state index in [1.807, 2.05) is 41.1 Å². The van der Waals surface area contributed by atoms with Crippen LogP contribution in [0.4, 0.5) is 5.82 Å². The van der Waals surface area contributed by atoms with E-state index >= 15 is 0 Å². The van der Waals surface area contributed by atoms with Gasteiger partial charge in [-0.3, -0.25) is 4.90 Å². The van der Waals surface area contributed by atoms with Gasteiger partial charge in [-0.05, 0) is 42.3 Å². The molecule has 9 nitrogen and oxygen atoms in total. The molecule has 2 aromatic carbocycles. The second kappa shape index (κ2) is 13.2. The van der Waals surface area contributed by atoms with Crippen LogP contribution in [0.25, 0.3) is 16.7 Å². The van der Waals surface area contributed by atoms with E-state index in [4.69, 9.17) is 14.2 Å². The lowest BCUT2D eigenvalue weighted by atomic mass is 10.2. The average Bonchev–Trinajstić information content (AvgIpc) is 3.43. The lowest BCUT2D eigenvalue weighted by Gasteiger charge is -2.26. The van der Waals surface area contributed by atoms with Crippen LogP contribution in [0, 0.1) is 11.5 Å². The third kappa shape index (κ3) is 7.64. The minimum atomic E-state index is -1.47. The van der Waals surface area contributed by atoms with Gasteiger partial charge < -0.3 is 19.5 Å². The Bertz CT molecular complexity index is 1530. The van der Waals surface area contributed by atoms with Gasteiger partial charge in [0.1, 0.15) is 20.2 Å². The highest BCUT2D eigenvalue weighted by Gasteiger charge is 2.14. The Kier molecular flexibility index (Phi) is 9.19. The average molecular weight is 571 g/mol. The summed E-state index contributed by atoms with van der Waals surface area (Å²) in [5.74, 6) is 5.52. The Morgan fingerprint density at radius 3 is 2.71 bits per heavy atom. The van der Waals surface area contributed by atoms with Crippen LogP contribution in [0.5, 0.6) is 11.5 Å². The summed E-state index contributed by atoms with van der Waals surface area (Å²) < 4.78 is 18.9. The molecule has 5 rings (SSSR count). The van der Waals surface area contributed by atoms with Crippen molar-refractivity contribution in [2.45, 2.75) is 32.6 Å². The van der Waals surface area contributed by atoms with Gasteiger partial charge in [-0.1, -0.05) is 37.7 Å². The largest absolute Gasteiger partial charge is 0.493 e.